The van der Waals surface area contributed by atoms with Crippen molar-refractivity contribution in [2.24, 2.45) is 0 Å². The zero-order valence-corrected chi connectivity index (χ0v) is 7.06. The van der Waals surface area contributed by atoms with Crippen molar-refractivity contribution in [2.75, 3.05) is 0 Å². The number of hydrogen-bond acceptors (Lipinski definition) is 4. The van der Waals surface area contributed by atoms with Gasteiger partial charge in [0, 0.05) is 6.20 Å². The predicted octanol–water partition coefficient (Wildman–Crippen LogP) is 0.512. The Morgan fingerprint density at radius 1 is 1.50 bits per heavy atom. The van der Waals surface area contributed by atoms with Gasteiger partial charge in [0.05, 0.1) is 11.5 Å². The third-order valence-electron chi connectivity index (χ3n) is 1.22. The molecular formula is C6HClF3N2O2-. The molecule has 0 bridgehead atoms. The Labute approximate surface area is 80.4 Å². The highest BCUT2D eigenvalue weighted by molar-refractivity contribution is 6.32. The van der Waals surface area contributed by atoms with Crippen molar-refractivity contribution in [3.63, 3.8) is 0 Å². The van der Waals surface area contributed by atoms with Crippen LogP contribution < -0.4 is 5.11 Å². The molecule has 0 N–H and O–H groups in total. The topological polar surface area (TPSA) is 65.9 Å². The number of aromatic carboxylic acids is 1. The van der Waals surface area contributed by atoms with Gasteiger partial charge in [-0.1, -0.05) is 11.6 Å². The van der Waals surface area contributed by atoms with Gasteiger partial charge in [-0.15, -0.1) is 0 Å². The van der Waals surface area contributed by atoms with Gasteiger partial charge in [-0.2, -0.15) is 13.2 Å². The molecule has 0 unspecified atom stereocenters. The Kier molecular flexibility index (Phi) is 2.61. The van der Waals surface area contributed by atoms with Crippen LogP contribution in [-0.2, 0) is 6.18 Å². The smallest absolute Gasteiger partial charge is 0.451 e. The lowest BCUT2D eigenvalue weighted by molar-refractivity contribution is -0.255. The van der Waals surface area contributed by atoms with Crippen LogP contribution >= 0.6 is 11.6 Å². The number of hydrogen-bond donors (Lipinski definition) is 0. The third-order valence-corrected chi connectivity index (χ3v) is 1.50. The van der Waals surface area contributed by atoms with Crippen LogP contribution in [0.3, 0.4) is 0 Å². The average molecular weight is 226 g/mol. The fourth-order valence-electron chi connectivity index (χ4n) is 0.635. The number of carbonyl (C=O) groups is 1. The molecule has 0 atom stereocenters. The Balaban J connectivity index is 3.20. The molecular weight excluding hydrogens is 225 g/mol. The first kappa shape index (κ1) is 10.7. The molecule has 4 nitrogen and oxygen atoms in total. The number of carboxylic acids is 1. The molecule has 8 heteroatoms. The van der Waals surface area contributed by atoms with Crippen LogP contribution in [-0.4, -0.2) is 15.9 Å². The summed E-state index contributed by atoms with van der Waals surface area (Å²) in [5.74, 6) is -3.23. The molecule has 14 heavy (non-hydrogen) atoms. The third kappa shape index (κ3) is 2.11. The minimum absolute atomic E-state index is 0.452. The molecule has 0 radical (unpaired) electrons. The lowest BCUT2D eigenvalue weighted by Gasteiger charge is -2.07. The van der Waals surface area contributed by atoms with Gasteiger partial charge in [-0.05, 0) is 0 Å². The van der Waals surface area contributed by atoms with Crippen molar-refractivity contribution in [1.29, 1.82) is 0 Å². The van der Waals surface area contributed by atoms with Crippen LogP contribution in [0.15, 0.2) is 6.20 Å². The van der Waals surface area contributed by atoms with E-state index in [4.69, 9.17) is 11.6 Å². The maximum atomic E-state index is 12.0. The summed E-state index contributed by atoms with van der Waals surface area (Å²) in [7, 11) is 0. The molecule has 0 aromatic carbocycles. The summed E-state index contributed by atoms with van der Waals surface area (Å²) in [4.78, 5) is 15.8. The van der Waals surface area contributed by atoms with E-state index in [2.05, 4.69) is 9.97 Å². The van der Waals surface area contributed by atoms with E-state index in [1.165, 1.54) is 0 Å². The SMILES string of the molecule is O=C([O-])c1cnc(C(F)(F)F)nc1Cl. The van der Waals surface area contributed by atoms with Crippen LogP contribution in [0.25, 0.3) is 0 Å². The normalized spacial score (nSPS) is 11.4. The number of alkyl halides is 3. The molecule has 1 aromatic rings. The van der Waals surface area contributed by atoms with Crippen LogP contribution in [0.5, 0.6) is 0 Å². The fourth-order valence-corrected chi connectivity index (χ4v) is 0.841. The van der Waals surface area contributed by atoms with E-state index in [9.17, 15) is 23.1 Å². The molecule has 1 rings (SSSR count). The number of carbonyl (C=O) groups excluding carboxylic acids is 1. The molecule has 0 fully saturated rings. The van der Waals surface area contributed by atoms with Gasteiger partial charge in [0.2, 0.25) is 5.82 Å². The molecule has 76 valence electrons. The summed E-state index contributed by atoms with van der Waals surface area (Å²) in [6.07, 6.45) is -4.30. The molecule has 1 heterocycles. The summed E-state index contributed by atoms with van der Waals surface area (Å²) in [6, 6.07) is 0. The van der Waals surface area contributed by atoms with Gasteiger partial charge >= 0.3 is 6.18 Å². The van der Waals surface area contributed by atoms with Crippen molar-refractivity contribution >= 4 is 17.6 Å². The molecule has 0 aliphatic heterocycles. The predicted molar refractivity (Wildman–Crippen MR) is 36.4 cm³/mol. The zero-order valence-electron chi connectivity index (χ0n) is 6.30. The van der Waals surface area contributed by atoms with Gasteiger partial charge in [-0.3, -0.25) is 0 Å². The zero-order chi connectivity index (χ0) is 10.9. The fraction of sp³-hybridized carbons (Fsp3) is 0.167. The van der Waals surface area contributed by atoms with Crippen LogP contribution in [0, 0.1) is 0 Å². The number of rotatable bonds is 1. The first-order chi connectivity index (χ1) is 6.32. The summed E-state index contributed by atoms with van der Waals surface area (Å²) < 4.78 is 35.9. The summed E-state index contributed by atoms with van der Waals surface area (Å²) in [6.45, 7) is 0. The highest BCUT2D eigenvalue weighted by Crippen LogP contribution is 2.27. The van der Waals surface area contributed by atoms with E-state index in [1.54, 1.807) is 0 Å². The molecule has 0 aliphatic rings. The summed E-state index contributed by atoms with van der Waals surface area (Å²) in [5, 5.41) is 9.43. The standard InChI is InChI=1S/C6H2ClF3N2O2/c7-3-2(4(13)14)1-11-5(12-3)6(8,9)10/h1H,(H,13,14)/p-1. The van der Waals surface area contributed by atoms with Crippen molar-refractivity contribution < 1.29 is 23.1 Å². The van der Waals surface area contributed by atoms with Crippen molar-refractivity contribution in [3.05, 3.63) is 22.7 Å². The van der Waals surface area contributed by atoms with Crippen LogP contribution in [0.1, 0.15) is 16.2 Å². The minimum Gasteiger partial charge on any atom is -0.545 e. The second kappa shape index (κ2) is 3.41. The Hall–Kier alpha value is -1.37. The van der Waals surface area contributed by atoms with Gasteiger partial charge in [-0.25, -0.2) is 9.97 Å². The largest absolute Gasteiger partial charge is 0.545 e. The van der Waals surface area contributed by atoms with Crippen molar-refractivity contribution in [1.82, 2.24) is 9.97 Å². The van der Waals surface area contributed by atoms with Gasteiger partial charge in [0.15, 0.2) is 0 Å². The quantitative estimate of drug-likeness (QED) is 0.653. The van der Waals surface area contributed by atoms with Gasteiger partial charge in [0.25, 0.3) is 0 Å². The van der Waals surface area contributed by atoms with Crippen molar-refractivity contribution in [3.8, 4) is 0 Å². The maximum Gasteiger partial charge on any atom is 0.451 e. The van der Waals surface area contributed by atoms with Crippen LogP contribution in [0.2, 0.25) is 5.15 Å². The molecule has 0 amide bonds. The average Bonchev–Trinajstić information content (AvgIpc) is 2.01. The van der Waals surface area contributed by atoms with E-state index in [0.717, 1.165) is 0 Å². The van der Waals surface area contributed by atoms with Crippen molar-refractivity contribution in [2.45, 2.75) is 6.18 Å². The number of aromatic nitrogens is 2. The first-order valence-electron chi connectivity index (χ1n) is 3.13. The highest BCUT2D eigenvalue weighted by atomic mass is 35.5. The first-order valence-corrected chi connectivity index (χ1v) is 3.51. The highest BCUT2D eigenvalue weighted by Gasteiger charge is 2.35. The molecule has 0 saturated carbocycles. The number of halogens is 4. The second-order valence-corrected chi connectivity index (χ2v) is 2.54. The van der Waals surface area contributed by atoms with E-state index in [-0.39, 0.29) is 0 Å². The number of carboxylic acid groups (broad SMARTS) is 1. The van der Waals surface area contributed by atoms with E-state index >= 15 is 0 Å². The molecule has 0 aliphatic carbocycles. The second-order valence-electron chi connectivity index (χ2n) is 2.18. The van der Waals surface area contributed by atoms with Gasteiger partial charge in [0.1, 0.15) is 5.15 Å². The van der Waals surface area contributed by atoms with Crippen LogP contribution in [0.4, 0.5) is 13.2 Å². The summed E-state index contributed by atoms with van der Waals surface area (Å²) >= 11 is 5.16. The lowest BCUT2D eigenvalue weighted by Crippen LogP contribution is -2.24. The minimum atomic E-state index is -4.76. The van der Waals surface area contributed by atoms with E-state index < -0.39 is 28.7 Å². The monoisotopic (exact) mass is 225 g/mol. The Morgan fingerprint density at radius 3 is 2.43 bits per heavy atom. The molecule has 1 aromatic heterocycles. The molecule has 0 saturated heterocycles. The van der Waals surface area contributed by atoms with E-state index in [0.29, 0.717) is 6.20 Å². The number of nitrogens with zero attached hydrogens (tertiary/aromatic N) is 2. The Morgan fingerprint density at radius 2 is 2.07 bits per heavy atom. The van der Waals surface area contributed by atoms with Gasteiger partial charge < -0.3 is 9.90 Å². The van der Waals surface area contributed by atoms with E-state index in [1.807, 2.05) is 0 Å². The maximum absolute atomic E-state index is 12.0. The molecule has 0 spiro atoms. The lowest BCUT2D eigenvalue weighted by atomic mass is 10.3. The summed E-state index contributed by atoms with van der Waals surface area (Å²) in [5.41, 5.74) is -0.681. The Bertz CT molecular complexity index is 380.